The van der Waals surface area contributed by atoms with Crippen LogP contribution in [0.4, 0.5) is 11.4 Å². The van der Waals surface area contributed by atoms with E-state index >= 15 is 0 Å². The number of Topliss-reactive ketones (excluding diaryl/α,β-unsaturated/α-hetero) is 1. The highest BCUT2D eigenvalue weighted by molar-refractivity contribution is 6.00. The number of ketones is 1. The third-order valence-corrected chi connectivity index (χ3v) is 6.22. The second-order valence-corrected chi connectivity index (χ2v) is 9.11. The van der Waals surface area contributed by atoms with Crippen molar-refractivity contribution in [3.8, 4) is 11.5 Å². The van der Waals surface area contributed by atoms with Crippen LogP contribution >= 0.6 is 0 Å². The van der Waals surface area contributed by atoms with Crippen molar-refractivity contribution in [2.45, 2.75) is 46.0 Å². The number of benzene rings is 4. The molecule has 0 bridgehead atoms. The third-order valence-electron chi connectivity index (χ3n) is 6.22. The van der Waals surface area contributed by atoms with Crippen LogP contribution in [0.2, 0.25) is 0 Å². The molecule has 0 aliphatic rings. The first-order chi connectivity index (χ1) is 18.5. The molecule has 4 aromatic carbocycles. The molecule has 0 amide bonds. The molecule has 0 atom stereocenters. The minimum atomic E-state index is -0.443. The average molecular weight is 509 g/mol. The molecule has 4 aromatic rings. The lowest BCUT2D eigenvalue weighted by Crippen LogP contribution is -2.08. The Morgan fingerprint density at radius 3 is 2.11 bits per heavy atom. The summed E-state index contributed by atoms with van der Waals surface area (Å²) in [5, 5.41) is 10.3. The van der Waals surface area contributed by atoms with E-state index in [4.69, 9.17) is 9.47 Å². The quantitative estimate of drug-likeness (QED) is 0.0629. The Kier molecular flexibility index (Phi) is 9.35. The lowest BCUT2D eigenvalue weighted by Gasteiger charge is -2.10. The maximum absolute atomic E-state index is 12.9. The minimum absolute atomic E-state index is 0.00191. The summed E-state index contributed by atoms with van der Waals surface area (Å²) < 4.78 is 11.6. The lowest BCUT2D eigenvalue weighted by molar-refractivity contribution is 0.0737. The van der Waals surface area contributed by atoms with E-state index in [2.05, 4.69) is 17.2 Å². The van der Waals surface area contributed by atoms with Crippen molar-refractivity contribution in [1.82, 2.24) is 0 Å². The molecule has 6 heteroatoms. The van der Waals surface area contributed by atoms with Crippen molar-refractivity contribution in [3.63, 3.8) is 0 Å². The van der Waals surface area contributed by atoms with Gasteiger partial charge in [-0.25, -0.2) is 4.79 Å². The number of hydrogen-bond donors (Lipinski definition) is 0. The molecular weight excluding hydrogens is 476 g/mol. The topological polar surface area (TPSA) is 77.3 Å². The van der Waals surface area contributed by atoms with Gasteiger partial charge in [0.1, 0.15) is 11.5 Å². The van der Waals surface area contributed by atoms with E-state index in [9.17, 15) is 9.59 Å². The van der Waals surface area contributed by atoms with Crippen LogP contribution < -0.4 is 9.47 Å². The standard InChI is InChI=1S/C32H32N2O4/c1-3-4-5-6-9-22-37-27-18-14-25(15-19-27)32(36)38-31-21-20-30(28-10-7-8-11-29(28)31)34-33-26-16-12-24(13-17-26)23(2)35/h7-8,10-21H,3-6,9,22H2,1-2H3. The summed E-state index contributed by atoms with van der Waals surface area (Å²) >= 11 is 0. The van der Waals surface area contributed by atoms with Crippen LogP contribution in [0.5, 0.6) is 11.5 Å². The van der Waals surface area contributed by atoms with Crippen LogP contribution in [0.15, 0.2) is 95.2 Å². The average Bonchev–Trinajstić information content (AvgIpc) is 2.95. The number of rotatable bonds is 12. The molecule has 0 heterocycles. The Morgan fingerprint density at radius 2 is 1.39 bits per heavy atom. The first kappa shape index (κ1) is 26.7. The van der Waals surface area contributed by atoms with Crippen molar-refractivity contribution in [2.24, 2.45) is 10.2 Å². The molecule has 0 fully saturated rings. The van der Waals surface area contributed by atoms with Crippen molar-refractivity contribution in [2.75, 3.05) is 6.61 Å². The van der Waals surface area contributed by atoms with Crippen LogP contribution in [0.25, 0.3) is 10.8 Å². The molecule has 4 rings (SSSR count). The Balaban J connectivity index is 1.42. The number of ether oxygens (including phenoxy) is 2. The summed E-state index contributed by atoms with van der Waals surface area (Å²) in [6.45, 7) is 4.40. The number of azo groups is 1. The van der Waals surface area contributed by atoms with E-state index < -0.39 is 5.97 Å². The van der Waals surface area contributed by atoms with Crippen molar-refractivity contribution in [1.29, 1.82) is 0 Å². The number of unbranched alkanes of at least 4 members (excludes halogenated alkanes) is 4. The molecular formula is C32H32N2O4. The van der Waals surface area contributed by atoms with E-state index in [1.807, 2.05) is 24.3 Å². The first-order valence-corrected chi connectivity index (χ1v) is 13.0. The fourth-order valence-corrected chi connectivity index (χ4v) is 4.05. The van der Waals surface area contributed by atoms with Gasteiger partial charge >= 0.3 is 5.97 Å². The van der Waals surface area contributed by atoms with Gasteiger partial charge in [0.25, 0.3) is 0 Å². The summed E-state index contributed by atoms with van der Waals surface area (Å²) in [7, 11) is 0. The van der Waals surface area contributed by atoms with Gasteiger partial charge in [0, 0.05) is 16.3 Å². The molecule has 0 spiro atoms. The van der Waals surface area contributed by atoms with Gasteiger partial charge in [-0.2, -0.15) is 5.11 Å². The summed E-state index contributed by atoms with van der Waals surface area (Å²) in [5.74, 6) is 0.749. The van der Waals surface area contributed by atoms with Gasteiger partial charge in [0.15, 0.2) is 5.78 Å². The van der Waals surface area contributed by atoms with Gasteiger partial charge in [-0.05, 0) is 74.0 Å². The highest BCUT2D eigenvalue weighted by Crippen LogP contribution is 2.34. The van der Waals surface area contributed by atoms with Crippen molar-refractivity contribution < 1.29 is 19.1 Å². The van der Waals surface area contributed by atoms with Crippen molar-refractivity contribution in [3.05, 3.63) is 96.1 Å². The van der Waals surface area contributed by atoms with Gasteiger partial charge < -0.3 is 9.47 Å². The summed E-state index contributed by atoms with van der Waals surface area (Å²) in [6, 6.07) is 25.1. The molecule has 0 saturated heterocycles. The predicted molar refractivity (Wildman–Crippen MR) is 150 cm³/mol. The fraction of sp³-hybridized carbons (Fsp3) is 0.250. The van der Waals surface area contributed by atoms with Gasteiger partial charge in [-0.3, -0.25) is 4.79 Å². The number of nitrogens with zero attached hydrogens (tertiary/aromatic N) is 2. The predicted octanol–water partition coefficient (Wildman–Crippen LogP) is 9.03. The highest BCUT2D eigenvalue weighted by Gasteiger charge is 2.13. The van der Waals surface area contributed by atoms with E-state index in [0.717, 1.165) is 22.9 Å². The second kappa shape index (κ2) is 13.3. The smallest absolute Gasteiger partial charge is 0.343 e. The summed E-state index contributed by atoms with van der Waals surface area (Å²) in [5.41, 5.74) is 2.36. The molecule has 6 nitrogen and oxygen atoms in total. The van der Waals surface area contributed by atoms with Gasteiger partial charge in [-0.15, -0.1) is 5.11 Å². The first-order valence-electron chi connectivity index (χ1n) is 13.0. The van der Waals surface area contributed by atoms with E-state index in [1.165, 1.54) is 32.6 Å². The molecule has 0 aliphatic carbocycles. The maximum atomic E-state index is 12.9. The Bertz CT molecular complexity index is 1410. The largest absolute Gasteiger partial charge is 0.494 e. The van der Waals surface area contributed by atoms with Crippen LogP contribution in [0, 0.1) is 0 Å². The lowest BCUT2D eigenvalue weighted by atomic mass is 10.1. The molecule has 0 saturated carbocycles. The van der Waals surface area contributed by atoms with Crippen LogP contribution in [-0.4, -0.2) is 18.4 Å². The summed E-state index contributed by atoms with van der Waals surface area (Å²) in [4.78, 5) is 24.3. The fourth-order valence-electron chi connectivity index (χ4n) is 4.05. The normalized spacial score (nSPS) is 11.1. The minimum Gasteiger partial charge on any atom is -0.494 e. The second-order valence-electron chi connectivity index (χ2n) is 9.11. The number of fused-ring (bicyclic) bond motifs is 1. The van der Waals surface area contributed by atoms with Crippen LogP contribution in [0.3, 0.4) is 0 Å². The zero-order valence-corrected chi connectivity index (χ0v) is 21.9. The highest BCUT2D eigenvalue weighted by atomic mass is 16.5. The molecule has 38 heavy (non-hydrogen) atoms. The molecule has 0 radical (unpaired) electrons. The van der Waals surface area contributed by atoms with Crippen LogP contribution in [0.1, 0.15) is 66.7 Å². The van der Waals surface area contributed by atoms with Gasteiger partial charge in [0.2, 0.25) is 0 Å². The Morgan fingerprint density at radius 1 is 0.711 bits per heavy atom. The monoisotopic (exact) mass is 508 g/mol. The van der Waals surface area contributed by atoms with Gasteiger partial charge in [0.05, 0.1) is 23.5 Å². The molecule has 194 valence electrons. The summed E-state index contributed by atoms with van der Waals surface area (Å²) in [6.07, 6.45) is 5.91. The number of carbonyl (C=O) groups is 2. The molecule has 0 aromatic heterocycles. The third kappa shape index (κ3) is 7.13. The zero-order valence-electron chi connectivity index (χ0n) is 21.9. The Labute approximate surface area is 223 Å². The van der Waals surface area contributed by atoms with Crippen molar-refractivity contribution >= 4 is 33.9 Å². The number of esters is 1. The molecule has 0 aliphatic heterocycles. The van der Waals surface area contributed by atoms with E-state index in [0.29, 0.717) is 34.9 Å². The SMILES string of the molecule is CCCCCCCOc1ccc(C(=O)Oc2ccc(N=Nc3ccc(C(C)=O)cc3)c3ccccc23)cc1. The maximum Gasteiger partial charge on any atom is 0.343 e. The van der Waals surface area contributed by atoms with E-state index in [-0.39, 0.29) is 5.78 Å². The molecule has 0 N–H and O–H groups in total. The Hall–Kier alpha value is -4.32. The number of hydrogen-bond acceptors (Lipinski definition) is 6. The number of carbonyl (C=O) groups excluding carboxylic acids is 2. The van der Waals surface area contributed by atoms with Gasteiger partial charge in [-0.1, -0.05) is 56.9 Å². The van der Waals surface area contributed by atoms with Crippen LogP contribution in [-0.2, 0) is 0 Å². The molecule has 0 unspecified atom stereocenters. The zero-order chi connectivity index (χ0) is 26.7. The van der Waals surface area contributed by atoms with E-state index in [1.54, 1.807) is 60.7 Å².